The number of fused-ring (bicyclic) bond motifs is 1. The van der Waals surface area contributed by atoms with E-state index in [2.05, 4.69) is 20.6 Å². The normalized spacial score (nSPS) is 15.7. The van der Waals surface area contributed by atoms with E-state index < -0.39 is 47.0 Å². The lowest BCUT2D eigenvalue weighted by Crippen LogP contribution is -2.49. The lowest BCUT2D eigenvalue weighted by atomic mass is 9.87. The first-order chi connectivity index (χ1) is 20.5. The summed E-state index contributed by atoms with van der Waals surface area (Å²) in [5.74, 6) is -1.74. The van der Waals surface area contributed by atoms with Crippen LogP contribution in [0.15, 0.2) is 30.9 Å². The number of nitrogens with zero attached hydrogens (tertiary/aromatic N) is 3. The van der Waals surface area contributed by atoms with Gasteiger partial charge in [-0.25, -0.2) is 27.9 Å². The van der Waals surface area contributed by atoms with Gasteiger partial charge in [-0.1, -0.05) is 0 Å². The average molecular weight is 633 g/mol. The molecule has 2 aromatic heterocycles. The van der Waals surface area contributed by atoms with Crippen molar-refractivity contribution in [1.82, 2.24) is 29.7 Å². The van der Waals surface area contributed by atoms with Crippen molar-refractivity contribution in [2.75, 3.05) is 0 Å². The fourth-order valence-corrected chi connectivity index (χ4v) is 5.40. The molecule has 1 aliphatic rings. The lowest BCUT2D eigenvalue weighted by Gasteiger charge is -2.28. The van der Waals surface area contributed by atoms with Crippen LogP contribution in [0.25, 0.3) is 0 Å². The number of ether oxygens (including phenoxy) is 2. The topological polar surface area (TPSA) is 132 Å². The van der Waals surface area contributed by atoms with Crippen LogP contribution in [0.4, 0.5) is 18.4 Å². The van der Waals surface area contributed by atoms with Crippen molar-refractivity contribution in [2.24, 2.45) is 0 Å². The molecule has 2 heterocycles. The fourth-order valence-electron chi connectivity index (χ4n) is 5.08. The summed E-state index contributed by atoms with van der Waals surface area (Å²) in [7, 11) is 0. The van der Waals surface area contributed by atoms with Gasteiger partial charge in [0.2, 0.25) is 5.91 Å². The molecule has 238 valence electrons. The number of imidazole rings is 2. The number of halogens is 2. The van der Waals surface area contributed by atoms with E-state index in [9.17, 15) is 23.2 Å². The number of aromatic nitrogens is 4. The van der Waals surface area contributed by atoms with E-state index in [1.54, 1.807) is 47.7 Å². The second-order valence-electron chi connectivity index (χ2n) is 12.7. The summed E-state index contributed by atoms with van der Waals surface area (Å²) in [6.07, 6.45) is 4.12. The standard InChI is InChI=1S/C30H38F2N6O5S/c1-29(2,3)42-27(40)36-24(12-20-13-33-16-37(20)28(41)43-30(4,5)6)25(39)34-14-21-15-35-26(44)38(21)19-7-8-22-17(10-19)9-18(31)11-23(22)32/h9,11,13,15-16,19,24H,7-8,10,12,14H2,1-6H3,(H,34,39)(H,35,44)(H,36,40)/t19-,24+/m1/s1. The van der Waals surface area contributed by atoms with Crippen LogP contribution in [0.1, 0.15) is 76.5 Å². The van der Waals surface area contributed by atoms with Crippen LogP contribution in [-0.4, -0.2) is 54.4 Å². The number of hydrogen-bond donors (Lipinski definition) is 3. The highest BCUT2D eigenvalue weighted by Gasteiger charge is 2.29. The third kappa shape index (κ3) is 8.30. The minimum atomic E-state index is -1.15. The number of H-pyrrole nitrogens is 1. The van der Waals surface area contributed by atoms with E-state index in [4.69, 9.17) is 21.7 Å². The Bertz CT molecular complexity index is 1600. The Hall–Kier alpha value is -4.07. The van der Waals surface area contributed by atoms with Crippen molar-refractivity contribution in [3.8, 4) is 0 Å². The van der Waals surface area contributed by atoms with Crippen LogP contribution in [-0.2, 0) is 40.1 Å². The molecule has 3 aromatic rings. The molecular weight excluding hydrogens is 594 g/mol. The Morgan fingerprint density at radius 1 is 1.11 bits per heavy atom. The largest absolute Gasteiger partial charge is 0.444 e. The number of hydrogen-bond acceptors (Lipinski definition) is 7. The number of carbonyl (C=O) groups is 3. The van der Waals surface area contributed by atoms with Crippen LogP contribution in [0.2, 0.25) is 0 Å². The van der Waals surface area contributed by atoms with Crippen molar-refractivity contribution < 1.29 is 32.6 Å². The summed E-state index contributed by atoms with van der Waals surface area (Å²) in [5.41, 5.74) is 0.484. The maximum Gasteiger partial charge on any atom is 0.420 e. The summed E-state index contributed by atoms with van der Waals surface area (Å²) in [4.78, 5) is 46.0. The van der Waals surface area contributed by atoms with Gasteiger partial charge in [0.1, 0.15) is 35.2 Å². The Balaban J connectivity index is 1.52. The minimum Gasteiger partial charge on any atom is -0.444 e. The van der Waals surface area contributed by atoms with E-state index in [0.717, 1.165) is 6.07 Å². The van der Waals surface area contributed by atoms with Gasteiger partial charge in [0.05, 0.1) is 17.9 Å². The summed E-state index contributed by atoms with van der Waals surface area (Å²) in [6.45, 7) is 10.3. The van der Waals surface area contributed by atoms with E-state index in [1.165, 1.54) is 23.2 Å². The van der Waals surface area contributed by atoms with E-state index in [0.29, 0.717) is 46.5 Å². The molecule has 2 atom stereocenters. The predicted octanol–water partition coefficient (Wildman–Crippen LogP) is 5.29. The lowest BCUT2D eigenvalue weighted by molar-refractivity contribution is -0.123. The van der Waals surface area contributed by atoms with Crippen LogP contribution in [0.3, 0.4) is 0 Å². The van der Waals surface area contributed by atoms with Crippen LogP contribution in [0.5, 0.6) is 0 Å². The molecule has 14 heteroatoms. The molecule has 2 amide bonds. The first kappa shape index (κ1) is 32.8. The second kappa shape index (κ2) is 12.9. The summed E-state index contributed by atoms with van der Waals surface area (Å²) >= 11 is 5.52. The maximum absolute atomic E-state index is 14.3. The van der Waals surface area contributed by atoms with E-state index >= 15 is 0 Å². The fraction of sp³-hybridized carbons (Fsp3) is 0.500. The van der Waals surface area contributed by atoms with Gasteiger partial charge in [0.15, 0.2) is 4.77 Å². The highest BCUT2D eigenvalue weighted by atomic mass is 32.1. The van der Waals surface area contributed by atoms with E-state index in [1.807, 2.05) is 4.57 Å². The number of aromatic amines is 1. The molecule has 1 aliphatic carbocycles. The molecule has 0 saturated heterocycles. The molecule has 1 aromatic carbocycles. The first-order valence-corrected chi connectivity index (χ1v) is 14.7. The molecule has 0 unspecified atom stereocenters. The Morgan fingerprint density at radius 3 is 2.50 bits per heavy atom. The number of carbonyl (C=O) groups excluding carboxylic acids is 3. The van der Waals surface area contributed by atoms with Gasteiger partial charge >= 0.3 is 12.2 Å². The molecule has 44 heavy (non-hydrogen) atoms. The summed E-state index contributed by atoms with van der Waals surface area (Å²) in [5, 5.41) is 5.43. The van der Waals surface area contributed by atoms with Gasteiger partial charge in [-0.05, 0) is 90.2 Å². The molecule has 0 saturated carbocycles. The predicted molar refractivity (Wildman–Crippen MR) is 160 cm³/mol. The zero-order chi connectivity index (χ0) is 32.4. The highest BCUT2D eigenvalue weighted by Crippen LogP contribution is 2.32. The smallest absolute Gasteiger partial charge is 0.420 e. The van der Waals surface area contributed by atoms with Gasteiger partial charge in [0.25, 0.3) is 0 Å². The first-order valence-electron chi connectivity index (χ1n) is 14.3. The number of alkyl carbamates (subject to hydrolysis) is 1. The zero-order valence-electron chi connectivity index (χ0n) is 25.6. The third-order valence-electron chi connectivity index (χ3n) is 6.86. The molecule has 0 bridgehead atoms. The van der Waals surface area contributed by atoms with Crippen molar-refractivity contribution in [3.05, 3.63) is 69.8 Å². The molecular formula is C30H38F2N6O5S. The molecule has 0 spiro atoms. The van der Waals surface area contributed by atoms with Gasteiger partial charge in [-0.3, -0.25) is 4.79 Å². The minimum absolute atomic E-state index is 0.0324. The van der Waals surface area contributed by atoms with Crippen molar-refractivity contribution in [1.29, 1.82) is 0 Å². The maximum atomic E-state index is 14.3. The van der Waals surface area contributed by atoms with Crippen molar-refractivity contribution in [3.63, 3.8) is 0 Å². The average Bonchev–Trinajstić information content (AvgIpc) is 3.50. The quantitative estimate of drug-likeness (QED) is 0.302. The van der Waals surface area contributed by atoms with Crippen molar-refractivity contribution in [2.45, 2.75) is 97.1 Å². The number of amides is 2. The summed E-state index contributed by atoms with van der Waals surface area (Å²) in [6, 6.07) is 0.903. The number of rotatable bonds is 7. The van der Waals surface area contributed by atoms with Crippen molar-refractivity contribution >= 4 is 30.3 Å². The van der Waals surface area contributed by atoms with Crippen LogP contribution < -0.4 is 10.6 Å². The molecule has 0 radical (unpaired) electrons. The SMILES string of the molecule is CC(C)(C)OC(=O)N[C@@H](Cc1cncn1C(=O)OC(C)(C)C)C(=O)NCc1c[nH]c(=S)n1[C@@H]1CCc2c(F)cc(F)cc2C1. The van der Waals surface area contributed by atoms with Gasteiger partial charge in [0, 0.05) is 30.9 Å². The monoisotopic (exact) mass is 632 g/mol. The van der Waals surface area contributed by atoms with Gasteiger partial charge < -0.3 is 29.7 Å². The van der Waals surface area contributed by atoms with Gasteiger partial charge in [-0.15, -0.1) is 0 Å². The highest BCUT2D eigenvalue weighted by molar-refractivity contribution is 7.71. The molecule has 0 aliphatic heterocycles. The molecule has 4 rings (SSSR count). The van der Waals surface area contributed by atoms with E-state index in [-0.39, 0.29) is 19.0 Å². The van der Waals surface area contributed by atoms with Crippen LogP contribution >= 0.6 is 12.2 Å². The Labute approximate surface area is 259 Å². The molecule has 0 fully saturated rings. The number of benzene rings is 1. The molecule has 11 nitrogen and oxygen atoms in total. The Morgan fingerprint density at radius 2 is 1.82 bits per heavy atom. The van der Waals surface area contributed by atoms with Crippen LogP contribution in [0, 0.1) is 16.4 Å². The Kier molecular flexibility index (Phi) is 9.62. The molecule has 3 N–H and O–H groups in total. The summed E-state index contributed by atoms with van der Waals surface area (Å²) < 4.78 is 42.5. The number of nitrogens with one attached hydrogen (secondary N) is 3. The third-order valence-corrected chi connectivity index (χ3v) is 7.18. The zero-order valence-corrected chi connectivity index (χ0v) is 26.4. The van der Waals surface area contributed by atoms with Gasteiger partial charge in [-0.2, -0.15) is 0 Å². The second-order valence-corrected chi connectivity index (χ2v) is 13.1.